The first kappa shape index (κ1) is 22.2. The Morgan fingerprint density at radius 2 is 1.41 bits per heavy atom. The zero-order valence-electron chi connectivity index (χ0n) is 18.7. The highest BCUT2D eigenvalue weighted by molar-refractivity contribution is 5.98. The minimum absolute atomic E-state index is 0.0796. The molecule has 4 aliphatic rings. The monoisotopic (exact) mass is 446 g/mol. The Bertz CT molecular complexity index is 879. The van der Waals surface area contributed by atoms with E-state index in [0.29, 0.717) is 29.3 Å². The molecule has 0 saturated heterocycles. The Morgan fingerprint density at radius 1 is 0.875 bits per heavy atom. The van der Waals surface area contributed by atoms with Crippen molar-refractivity contribution in [2.75, 3.05) is 27.9 Å². The van der Waals surface area contributed by atoms with E-state index in [2.05, 4.69) is 10.6 Å². The number of methoxy groups -OCH3 is 3. The van der Waals surface area contributed by atoms with Gasteiger partial charge in [-0.05, 0) is 56.3 Å². The van der Waals surface area contributed by atoms with Crippen LogP contribution in [-0.4, -0.2) is 51.4 Å². The molecule has 0 heterocycles. The van der Waals surface area contributed by atoms with Crippen LogP contribution in [0.3, 0.4) is 0 Å². The molecule has 0 aromatic heterocycles. The highest BCUT2D eigenvalue weighted by Gasteiger charge is 2.51. The second-order valence-electron chi connectivity index (χ2n) is 9.18. The summed E-state index contributed by atoms with van der Waals surface area (Å²) in [5.74, 6) is 1.48. The van der Waals surface area contributed by atoms with Gasteiger partial charge in [-0.3, -0.25) is 10.1 Å². The number of ether oxygens (including phenoxy) is 4. The molecule has 9 nitrogen and oxygen atoms in total. The molecule has 0 unspecified atom stereocenters. The number of imide groups is 1. The van der Waals surface area contributed by atoms with Crippen LogP contribution in [0.4, 0.5) is 4.79 Å². The third kappa shape index (κ3) is 4.47. The Hall–Kier alpha value is -2.97. The van der Waals surface area contributed by atoms with Gasteiger partial charge in [-0.15, -0.1) is 0 Å². The topological polar surface area (TPSA) is 112 Å². The molecule has 1 aromatic rings. The highest BCUT2D eigenvalue weighted by Crippen LogP contribution is 2.55. The predicted octanol–water partition coefficient (Wildman–Crippen LogP) is 2.66. The lowest BCUT2D eigenvalue weighted by Crippen LogP contribution is -2.62. The second kappa shape index (κ2) is 8.88. The zero-order chi connectivity index (χ0) is 22.9. The Kier molecular flexibility index (Phi) is 6.17. The van der Waals surface area contributed by atoms with Gasteiger partial charge in [-0.1, -0.05) is 0 Å². The van der Waals surface area contributed by atoms with Gasteiger partial charge in [0, 0.05) is 17.7 Å². The number of benzene rings is 1. The average molecular weight is 447 g/mol. The summed E-state index contributed by atoms with van der Waals surface area (Å²) >= 11 is 0. The first-order valence-electron chi connectivity index (χ1n) is 10.9. The number of nitrogens with one attached hydrogen (secondary N) is 2. The van der Waals surface area contributed by atoms with E-state index in [9.17, 15) is 14.4 Å². The van der Waals surface area contributed by atoms with Crippen LogP contribution in [0.5, 0.6) is 17.2 Å². The lowest BCUT2D eigenvalue weighted by molar-refractivity contribution is -0.123. The maximum Gasteiger partial charge on any atom is 0.342 e. The SMILES string of the molecule is COc1cc(OC)c(C(=O)OCC(=O)NC(=O)NC23CC4CC(CC(C4)C2)C3)cc1OC. The molecule has 2 N–H and O–H groups in total. The van der Waals surface area contributed by atoms with E-state index < -0.39 is 24.5 Å². The third-order valence-corrected chi connectivity index (χ3v) is 6.93. The van der Waals surface area contributed by atoms with Crippen LogP contribution in [0.25, 0.3) is 0 Å². The van der Waals surface area contributed by atoms with Crippen molar-refractivity contribution in [2.24, 2.45) is 17.8 Å². The minimum Gasteiger partial charge on any atom is -0.496 e. The summed E-state index contributed by atoms with van der Waals surface area (Å²) < 4.78 is 20.7. The first-order valence-corrected chi connectivity index (χ1v) is 10.9. The molecule has 1 aromatic carbocycles. The molecular formula is C23H30N2O7. The molecular weight excluding hydrogens is 416 g/mol. The van der Waals surface area contributed by atoms with Gasteiger partial charge in [-0.2, -0.15) is 0 Å². The van der Waals surface area contributed by atoms with Crippen LogP contribution >= 0.6 is 0 Å². The van der Waals surface area contributed by atoms with Crippen LogP contribution in [0.2, 0.25) is 0 Å². The van der Waals surface area contributed by atoms with E-state index in [1.54, 1.807) is 0 Å². The van der Waals surface area contributed by atoms with Gasteiger partial charge >= 0.3 is 12.0 Å². The molecule has 32 heavy (non-hydrogen) atoms. The normalized spacial score (nSPS) is 27.4. The van der Waals surface area contributed by atoms with E-state index >= 15 is 0 Å². The van der Waals surface area contributed by atoms with Crippen molar-refractivity contribution >= 4 is 17.9 Å². The number of rotatable bonds is 7. The summed E-state index contributed by atoms with van der Waals surface area (Å²) in [5.41, 5.74) is -0.126. The summed E-state index contributed by atoms with van der Waals surface area (Å²) in [5, 5.41) is 5.35. The number of carbonyl (C=O) groups excluding carboxylic acids is 3. The smallest absolute Gasteiger partial charge is 0.342 e. The van der Waals surface area contributed by atoms with Crippen molar-refractivity contribution in [1.29, 1.82) is 0 Å². The van der Waals surface area contributed by atoms with E-state index in [-0.39, 0.29) is 16.9 Å². The highest BCUT2D eigenvalue weighted by atomic mass is 16.5. The van der Waals surface area contributed by atoms with Gasteiger partial charge in [0.1, 0.15) is 11.3 Å². The predicted molar refractivity (Wildman–Crippen MR) is 114 cm³/mol. The maximum atomic E-state index is 12.5. The minimum atomic E-state index is -0.778. The molecule has 4 aliphatic carbocycles. The lowest BCUT2D eigenvalue weighted by atomic mass is 9.53. The van der Waals surface area contributed by atoms with Gasteiger partial charge in [0.05, 0.1) is 21.3 Å². The molecule has 0 atom stereocenters. The van der Waals surface area contributed by atoms with Crippen LogP contribution < -0.4 is 24.8 Å². The molecule has 4 saturated carbocycles. The quantitative estimate of drug-likeness (QED) is 0.619. The molecule has 0 spiro atoms. The first-order chi connectivity index (χ1) is 15.3. The van der Waals surface area contributed by atoms with Crippen molar-refractivity contribution in [2.45, 2.75) is 44.1 Å². The molecule has 0 aliphatic heterocycles. The summed E-state index contributed by atoms with van der Waals surface area (Å²) in [7, 11) is 4.31. The summed E-state index contributed by atoms with van der Waals surface area (Å²) in [6, 6.07) is 2.38. The van der Waals surface area contributed by atoms with Crippen LogP contribution in [0, 0.1) is 17.8 Å². The van der Waals surface area contributed by atoms with E-state index in [4.69, 9.17) is 18.9 Å². The Labute approximate surface area is 187 Å². The molecule has 5 rings (SSSR count). The number of carbonyl (C=O) groups is 3. The number of urea groups is 1. The zero-order valence-corrected chi connectivity index (χ0v) is 18.7. The number of amides is 3. The Morgan fingerprint density at radius 3 is 1.94 bits per heavy atom. The van der Waals surface area contributed by atoms with Crippen molar-refractivity contribution in [3.05, 3.63) is 17.7 Å². The van der Waals surface area contributed by atoms with Crippen molar-refractivity contribution in [1.82, 2.24) is 10.6 Å². The van der Waals surface area contributed by atoms with Crippen molar-refractivity contribution < 1.29 is 33.3 Å². The van der Waals surface area contributed by atoms with Gasteiger partial charge in [0.15, 0.2) is 18.1 Å². The number of esters is 1. The van der Waals surface area contributed by atoms with Gasteiger partial charge in [-0.25, -0.2) is 9.59 Å². The lowest BCUT2D eigenvalue weighted by Gasteiger charge is -2.56. The fourth-order valence-corrected chi connectivity index (χ4v) is 6.10. The molecule has 174 valence electrons. The van der Waals surface area contributed by atoms with Crippen LogP contribution in [0.1, 0.15) is 48.9 Å². The van der Waals surface area contributed by atoms with E-state index in [0.717, 1.165) is 19.3 Å². The fourth-order valence-electron chi connectivity index (χ4n) is 6.10. The average Bonchev–Trinajstić information content (AvgIpc) is 2.74. The second-order valence-corrected chi connectivity index (χ2v) is 9.18. The Balaban J connectivity index is 1.31. The molecule has 0 radical (unpaired) electrons. The van der Waals surface area contributed by atoms with E-state index in [1.807, 2.05) is 0 Å². The summed E-state index contributed by atoms with van der Waals surface area (Å²) in [6.45, 7) is -0.593. The number of hydrogen-bond donors (Lipinski definition) is 2. The molecule has 9 heteroatoms. The van der Waals surface area contributed by atoms with E-state index in [1.165, 1.54) is 52.7 Å². The van der Waals surface area contributed by atoms with Crippen molar-refractivity contribution in [3.63, 3.8) is 0 Å². The van der Waals surface area contributed by atoms with Gasteiger partial charge in [0.2, 0.25) is 0 Å². The summed E-state index contributed by atoms with van der Waals surface area (Å²) in [6.07, 6.45) is 6.73. The molecule has 4 fully saturated rings. The third-order valence-electron chi connectivity index (χ3n) is 6.93. The van der Waals surface area contributed by atoms with Crippen LogP contribution in [-0.2, 0) is 9.53 Å². The maximum absolute atomic E-state index is 12.5. The van der Waals surface area contributed by atoms with Crippen LogP contribution in [0.15, 0.2) is 12.1 Å². The largest absolute Gasteiger partial charge is 0.496 e. The molecule has 3 amide bonds. The fraction of sp³-hybridized carbons (Fsp3) is 0.609. The molecule has 4 bridgehead atoms. The van der Waals surface area contributed by atoms with Gasteiger partial charge in [0.25, 0.3) is 5.91 Å². The standard InChI is InChI=1S/C23H30N2O7/c1-29-17-8-19(31-3)18(30-2)7-16(17)21(27)32-12-20(26)24-22(28)25-23-9-13-4-14(10-23)6-15(5-13)11-23/h7-8,13-15H,4-6,9-12H2,1-3H3,(H2,24,25,26,28). The summed E-state index contributed by atoms with van der Waals surface area (Å²) in [4.78, 5) is 37.2. The van der Waals surface area contributed by atoms with Crippen molar-refractivity contribution in [3.8, 4) is 17.2 Å². The van der Waals surface area contributed by atoms with Gasteiger partial charge < -0.3 is 24.3 Å². The number of hydrogen-bond acceptors (Lipinski definition) is 7.